The molecule has 1 fully saturated rings. The number of aromatic nitrogens is 2. The molecule has 4 rings (SSSR count). The molecule has 6 nitrogen and oxygen atoms in total. The number of carbonyl (C=O) groups excluding carboxylic acids is 2. The third-order valence-corrected chi connectivity index (χ3v) is 5.88. The number of imidazole rings is 1. The van der Waals surface area contributed by atoms with Gasteiger partial charge in [0, 0.05) is 19.5 Å². The van der Waals surface area contributed by atoms with Crippen LogP contribution in [0, 0.1) is 11.8 Å². The smallest absolute Gasteiger partial charge is 0.346 e. The van der Waals surface area contributed by atoms with Crippen molar-refractivity contribution in [2.75, 3.05) is 6.54 Å². The van der Waals surface area contributed by atoms with Gasteiger partial charge in [0.05, 0.1) is 28.6 Å². The number of nitrogens with zero attached hydrogens (tertiary/aromatic N) is 2. The Morgan fingerprint density at radius 1 is 1.21 bits per heavy atom. The SMILES string of the molecule is CC(C)[C@H](NC(=O)C1CC(=O)N(Cc2cccc(C(F)(F)F)c2)C1)c1nc2ccccc2[nH]1. The lowest BCUT2D eigenvalue weighted by Crippen LogP contribution is -2.38. The Bertz CT molecular complexity index is 1140. The first-order chi connectivity index (χ1) is 15.6. The van der Waals surface area contributed by atoms with Crippen LogP contribution in [0.15, 0.2) is 48.5 Å². The largest absolute Gasteiger partial charge is 0.416 e. The zero-order valence-corrected chi connectivity index (χ0v) is 18.3. The van der Waals surface area contributed by atoms with Crippen molar-refractivity contribution in [1.29, 1.82) is 0 Å². The molecular formula is C24H25F3N4O2. The molecule has 0 saturated carbocycles. The minimum absolute atomic E-state index is 0.0236. The summed E-state index contributed by atoms with van der Waals surface area (Å²) in [7, 11) is 0. The molecule has 0 bridgehead atoms. The Labute approximate surface area is 189 Å². The molecule has 0 spiro atoms. The first kappa shape index (κ1) is 22.8. The number of fused-ring (bicyclic) bond motifs is 1. The highest BCUT2D eigenvalue weighted by atomic mass is 19.4. The maximum absolute atomic E-state index is 13.0. The fourth-order valence-electron chi connectivity index (χ4n) is 4.11. The molecule has 3 aromatic rings. The zero-order chi connectivity index (χ0) is 23.8. The standard InChI is InChI=1S/C24H25F3N4O2/c1-14(2)21(22-28-18-8-3-4-9-19(18)29-22)30-23(33)16-11-20(32)31(13-16)12-15-6-5-7-17(10-15)24(25,26)27/h3-10,14,16,21H,11-13H2,1-2H3,(H,28,29)(H,30,33)/t16?,21-/m0/s1. The molecule has 1 aromatic heterocycles. The summed E-state index contributed by atoms with van der Waals surface area (Å²) in [6.45, 7) is 4.13. The van der Waals surface area contributed by atoms with Crippen molar-refractivity contribution in [3.05, 3.63) is 65.5 Å². The Hall–Kier alpha value is -3.36. The van der Waals surface area contributed by atoms with Crippen molar-refractivity contribution in [3.63, 3.8) is 0 Å². The summed E-state index contributed by atoms with van der Waals surface area (Å²) in [5.74, 6) is -0.405. The molecule has 2 amide bonds. The van der Waals surface area contributed by atoms with Crippen LogP contribution in [-0.2, 0) is 22.3 Å². The van der Waals surface area contributed by atoms with E-state index < -0.39 is 17.7 Å². The van der Waals surface area contributed by atoms with Crippen LogP contribution in [-0.4, -0.2) is 33.2 Å². The lowest BCUT2D eigenvalue weighted by atomic mass is 10.0. The summed E-state index contributed by atoms with van der Waals surface area (Å²) in [6.07, 6.45) is -4.42. The lowest BCUT2D eigenvalue weighted by Gasteiger charge is -2.22. The van der Waals surface area contributed by atoms with Gasteiger partial charge in [0.25, 0.3) is 0 Å². The van der Waals surface area contributed by atoms with Crippen LogP contribution in [0.5, 0.6) is 0 Å². The van der Waals surface area contributed by atoms with Crippen LogP contribution in [0.2, 0.25) is 0 Å². The van der Waals surface area contributed by atoms with E-state index in [1.54, 1.807) is 6.07 Å². The summed E-state index contributed by atoms with van der Waals surface area (Å²) in [4.78, 5) is 34.8. The molecule has 1 unspecified atom stereocenters. The van der Waals surface area contributed by atoms with Gasteiger partial charge in [-0.3, -0.25) is 9.59 Å². The number of para-hydroxylation sites is 2. The first-order valence-electron chi connectivity index (χ1n) is 10.8. The van der Waals surface area contributed by atoms with Crippen LogP contribution in [0.4, 0.5) is 13.2 Å². The minimum atomic E-state index is -4.45. The number of rotatable bonds is 6. The van der Waals surface area contributed by atoms with E-state index in [-0.39, 0.29) is 43.3 Å². The van der Waals surface area contributed by atoms with Gasteiger partial charge < -0.3 is 15.2 Å². The molecule has 33 heavy (non-hydrogen) atoms. The minimum Gasteiger partial charge on any atom is -0.346 e. The van der Waals surface area contributed by atoms with Crippen molar-refractivity contribution in [2.45, 2.75) is 39.0 Å². The monoisotopic (exact) mass is 458 g/mol. The molecule has 1 aliphatic rings. The van der Waals surface area contributed by atoms with E-state index in [2.05, 4.69) is 15.3 Å². The highest BCUT2D eigenvalue weighted by molar-refractivity contribution is 5.89. The second-order valence-corrected chi connectivity index (χ2v) is 8.74. The summed E-state index contributed by atoms with van der Waals surface area (Å²) >= 11 is 0. The van der Waals surface area contributed by atoms with Gasteiger partial charge in [0.1, 0.15) is 5.82 Å². The van der Waals surface area contributed by atoms with E-state index in [0.29, 0.717) is 11.4 Å². The van der Waals surface area contributed by atoms with E-state index >= 15 is 0 Å². The number of nitrogens with one attached hydrogen (secondary N) is 2. The Kier molecular flexibility index (Phi) is 6.14. The van der Waals surface area contributed by atoms with E-state index in [1.807, 2.05) is 38.1 Å². The van der Waals surface area contributed by atoms with E-state index in [4.69, 9.17) is 0 Å². The second-order valence-electron chi connectivity index (χ2n) is 8.74. The van der Waals surface area contributed by atoms with Gasteiger partial charge in [0.2, 0.25) is 11.8 Å². The fourth-order valence-corrected chi connectivity index (χ4v) is 4.11. The molecule has 0 aliphatic carbocycles. The van der Waals surface area contributed by atoms with Crippen molar-refractivity contribution < 1.29 is 22.8 Å². The number of carbonyl (C=O) groups is 2. The third kappa shape index (κ3) is 5.02. The summed E-state index contributed by atoms with van der Waals surface area (Å²) in [5, 5.41) is 3.01. The highest BCUT2D eigenvalue weighted by Gasteiger charge is 2.36. The first-order valence-corrected chi connectivity index (χ1v) is 10.8. The average Bonchev–Trinajstić information content (AvgIpc) is 3.34. The van der Waals surface area contributed by atoms with Crippen LogP contribution in [0.25, 0.3) is 11.0 Å². The van der Waals surface area contributed by atoms with E-state index in [9.17, 15) is 22.8 Å². The maximum atomic E-state index is 13.0. The number of likely N-dealkylation sites (tertiary alicyclic amines) is 1. The molecule has 1 saturated heterocycles. The number of halogens is 3. The number of hydrogen-bond donors (Lipinski definition) is 2. The van der Waals surface area contributed by atoms with Gasteiger partial charge in [-0.15, -0.1) is 0 Å². The second kappa shape index (κ2) is 8.88. The molecule has 2 aromatic carbocycles. The van der Waals surface area contributed by atoms with E-state index in [0.717, 1.165) is 23.2 Å². The van der Waals surface area contributed by atoms with Crippen molar-refractivity contribution >= 4 is 22.8 Å². The van der Waals surface area contributed by atoms with Crippen molar-refractivity contribution in [3.8, 4) is 0 Å². The van der Waals surface area contributed by atoms with Gasteiger partial charge >= 0.3 is 6.18 Å². The predicted octanol–water partition coefficient (Wildman–Crippen LogP) is 4.44. The van der Waals surface area contributed by atoms with E-state index in [1.165, 1.54) is 11.0 Å². The third-order valence-electron chi connectivity index (χ3n) is 5.88. The molecule has 2 N–H and O–H groups in total. The normalized spacial score (nSPS) is 17.7. The Balaban J connectivity index is 1.44. The summed E-state index contributed by atoms with van der Waals surface area (Å²) in [6, 6.07) is 12.1. The summed E-state index contributed by atoms with van der Waals surface area (Å²) < 4.78 is 38.9. The quantitative estimate of drug-likeness (QED) is 0.573. The van der Waals surface area contributed by atoms with Gasteiger partial charge in [-0.2, -0.15) is 13.2 Å². The molecule has 0 radical (unpaired) electrons. The topological polar surface area (TPSA) is 78.1 Å². The van der Waals surface area contributed by atoms with Crippen LogP contribution in [0.3, 0.4) is 0 Å². The zero-order valence-electron chi connectivity index (χ0n) is 18.3. The van der Waals surface area contributed by atoms with Gasteiger partial charge in [-0.1, -0.05) is 38.1 Å². The van der Waals surface area contributed by atoms with Crippen molar-refractivity contribution in [2.24, 2.45) is 11.8 Å². The molecule has 9 heteroatoms. The number of amides is 2. The summed E-state index contributed by atoms with van der Waals surface area (Å²) in [5.41, 5.74) is 1.29. The highest BCUT2D eigenvalue weighted by Crippen LogP contribution is 2.30. The number of H-pyrrole nitrogens is 1. The van der Waals surface area contributed by atoms with Crippen LogP contribution < -0.4 is 5.32 Å². The van der Waals surface area contributed by atoms with Crippen molar-refractivity contribution in [1.82, 2.24) is 20.2 Å². The van der Waals surface area contributed by atoms with Gasteiger partial charge in [-0.25, -0.2) is 4.98 Å². The maximum Gasteiger partial charge on any atom is 0.416 e. The molecule has 174 valence electrons. The predicted molar refractivity (Wildman–Crippen MR) is 117 cm³/mol. The fraction of sp³-hybridized carbons (Fsp3) is 0.375. The van der Waals surface area contributed by atoms with Gasteiger partial charge in [0.15, 0.2) is 0 Å². The molecule has 2 atom stereocenters. The van der Waals surface area contributed by atoms with Gasteiger partial charge in [-0.05, 0) is 35.7 Å². The van der Waals surface area contributed by atoms with Crippen LogP contribution >= 0.6 is 0 Å². The number of benzene rings is 2. The number of alkyl halides is 3. The average molecular weight is 458 g/mol. The van der Waals surface area contributed by atoms with Crippen LogP contribution in [0.1, 0.15) is 43.3 Å². The molecular weight excluding hydrogens is 433 g/mol. The molecule has 1 aliphatic heterocycles. The number of aromatic amines is 1. The Morgan fingerprint density at radius 3 is 2.67 bits per heavy atom. The lowest BCUT2D eigenvalue weighted by molar-refractivity contribution is -0.137. The number of hydrogen-bond acceptors (Lipinski definition) is 3. The molecule has 2 heterocycles. The Morgan fingerprint density at radius 2 is 1.97 bits per heavy atom.